The molecule has 0 spiro atoms. The fourth-order valence-corrected chi connectivity index (χ4v) is 1.78. The first kappa shape index (κ1) is 15.3. The smallest absolute Gasteiger partial charge is 0.338 e. The van der Waals surface area contributed by atoms with Crippen LogP contribution in [-0.4, -0.2) is 18.5 Å². The largest absolute Gasteiger partial charge is 0.452 e. The van der Waals surface area contributed by atoms with E-state index in [9.17, 15) is 9.59 Å². The number of nitrogens with zero attached hydrogens (tertiary/aromatic N) is 1. The molecule has 0 radical (unpaired) electrons. The van der Waals surface area contributed by atoms with Crippen LogP contribution in [0.25, 0.3) is 0 Å². The lowest BCUT2D eigenvalue weighted by Crippen LogP contribution is -2.28. The fourth-order valence-electron chi connectivity index (χ4n) is 1.78. The maximum Gasteiger partial charge on any atom is 0.338 e. The molecule has 2 aromatic rings. The van der Waals surface area contributed by atoms with Crippen molar-refractivity contribution in [1.29, 1.82) is 5.26 Å². The third kappa shape index (κ3) is 4.46. The minimum Gasteiger partial charge on any atom is -0.452 e. The molecule has 0 saturated carbocycles. The van der Waals surface area contributed by atoms with Crippen LogP contribution in [0.3, 0.4) is 0 Å². The van der Waals surface area contributed by atoms with Gasteiger partial charge in [-0.3, -0.25) is 4.79 Å². The standard InChI is InChI=1S/C17H14N2O3/c18-10-14-7-4-8-15(9-14)17(21)22-12-16(20)19-11-13-5-2-1-3-6-13/h1-9H,11-12H2,(H,19,20). The van der Waals surface area contributed by atoms with Gasteiger partial charge in [-0.05, 0) is 23.8 Å². The summed E-state index contributed by atoms with van der Waals surface area (Å²) in [7, 11) is 0. The van der Waals surface area contributed by atoms with Crippen molar-refractivity contribution >= 4 is 11.9 Å². The summed E-state index contributed by atoms with van der Waals surface area (Å²) in [5.74, 6) is -1.01. The SMILES string of the molecule is N#Cc1cccc(C(=O)OCC(=O)NCc2ccccc2)c1. The lowest BCUT2D eigenvalue weighted by Gasteiger charge is -2.07. The Hall–Kier alpha value is -3.13. The maximum atomic E-state index is 11.8. The molecule has 0 aromatic heterocycles. The second-order valence-corrected chi connectivity index (χ2v) is 4.53. The average Bonchev–Trinajstić information content (AvgIpc) is 2.58. The highest BCUT2D eigenvalue weighted by atomic mass is 16.5. The van der Waals surface area contributed by atoms with Crippen molar-refractivity contribution in [2.45, 2.75) is 6.54 Å². The summed E-state index contributed by atoms with van der Waals surface area (Å²) in [5, 5.41) is 11.4. The summed E-state index contributed by atoms with van der Waals surface area (Å²) in [6, 6.07) is 17.5. The maximum absolute atomic E-state index is 11.8. The van der Waals surface area contributed by atoms with Crippen LogP contribution in [0.5, 0.6) is 0 Å². The second kappa shape index (κ2) is 7.60. The predicted molar refractivity (Wildman–Crippen MR) is 79.7 cm³/mol. The van der Waals surface area contributed by atoms with Gasteiger partial charge in [0.15, 0.2) is 6.61 Å². The molecule has 0 fully saturated rings. The van der Waals surface area contributed by atoms with Crippen molar-refractivity contribution < 1.29 is 14.3 Å². The first-order chi connectivity index (χ1) is 10.7. The Labute approximate surface area is 128 Å². The highest BCUT2D eigenvalue weighted by Crippen LogP contribution is 2.05. The predicted octanol–water partition coefficient (Wildman–Crippen LogP) is 2.03. The molecule has 2 rings (SSSR count). The Kier molecular flexibility index (Phi) is 5.27. The molecule has 0 aliphatic carbocycles. The molecule has 0 aliphatic heterocycles. The van der Waals surface area contributed by atoms with Crippen LogP contribution >= 0.6 is 0 Å². The number of ether oxygens (including phenoxy) is 1. The molecule has 0 heterocycles. The molecular formula is C17H14N2O3. The zero-order chi connectivity index (χ0) is 15.8. The van der Waals surface area contributed by atoms with Crippen LogP contribution in [0, 0.1) is 11.3 Å². The van der Waals surface area contributed by atoms with Gasteiger partial charge < -0.3 is 10.1 Å². The molecule has 110 valence electrons. The summed E-state index contributed by atoms with van der Waals surface area (Å²) in [6.07, 6.45) is 0. The number of hydrogen-bond donors (Lipinski definition) is 1. The molecule has 0 saturated heterocycles. The van der Waals surface area contributed by atoms with Gasteiger partial charge in [0.2, 0.25) is 0 Å². The van der Waals surface area contributed by atoms with Gasteiger partial charge >= 0.3 is 5.97 Å². The monoisotopic (exact) mass is 294 g/mol. The van der Waals surface area contributed by atoms with Gasteiger partial charge in [0.25, 0.3) is 5.91 Å². The van der Waals surface area contributed by atoms with Crippen molar-refractivity contribution in [2.75, 3.05) is 6.61 Å². The third-order valence-electron chi connectivity index (χ3n) is 2.89. The van der Waals surface area contributed by atoms with Crippen LogP contribution in [0.4, 0.5) is 0 Å². The Morgan fingerprint density at radius 2 is 1.86 bits per heavy atom. The van der Waals surface area contributed by atoms with Gasteiger partial charge in [0.1, 0.15) is 0 Å². The van der Waals surface area contributed by atoms with Gasteiger partial charge in [-0.1, -0.05) is 36.4 Å². The molecule has 0 unspecified atom stereocenters. The lowest BCUT2D eigenvalue weighted by molar-refractivity contribution is -0.124. The minimum absolute atomic E-state index is 0.245. The lowest BCUT2D eigenvalue weighted by atomic mass is 10.1. The van der Waals surface area contributed by atoms with Gasteiger partial charge in [0, 0.05) is 6.54 Å². The number of carbonyl (C=O) groups excluding carboxylic acids is 2. The molecular weight excluding hydrogens is 280 g/mol. The van der Waals surface area contributed by atoms with Gasteiger partial charge in [-0.15, -0.1) is 0 Å². The van der Waals surface area contributed by atoms with E-state index < -0.39 is 5.97 Å². The van der Waals surface area contributed by atoms with E-state index in [2.05, 4.69) is 5.32 Å². The van der Waals surface area contributed by atoms with E-state index in [-0.39, 0.29) is 18.1 Å². The van der Waals surface area contributed by atoms with E-state index >= 15 is 0 Å². The average molecular weight is 294 g/mol. The molecule has 2 aromatic carbocycles. The Morgan fingerprint density at radius 3 is 2.59 bits per heavy atom. The van der Waals surface area contributed by atoms with Crippen molar-refractivity contribution in [2.24, 2.45) is 0 Å². The van der Waals surface area contributed by atoms with Crippen molar-refractivity contribution in [3.05, 3.63) is 71.3 Å². The first-order valence-corrected chi connectivity index (χ1v) is 6.67. The van der Waals surface area contributed by atoms with Crippen molar-refractivity contribution in [3.63, 3.8) is 0 Å². The third-order valence-corrected chi connectivity index (χ3v) is 2.89. The van der Waals surface area contributed by atoms with Crippen LogP contribution < -0.4 is 5.32 Å². The highest BCUT2D eigenvalue weighted by Gasteiger charge is 2.10. The molecule has 1 amide bonds. The number of carbonyl (C=O) groups is 2. The second-order valence-electron chi connectivity index (χ2n) is 4.53. The first-order valence-electron chi connectivity index (χ1n) is 6.67. The Balaban J connectivity index is 1.80. The highest BCUT2D eigenvalue weighted by molar-refractivity contribution is 5.91. The molecule has 22 heavy (non-hydrogen) atoms. The Morgan fingerprint density at radius 1 is 1.09 bits per heavy atom. The van der Waals surface area contributed by atoms with Crippen LogP contribution in [0.1, 0.15) is 21.5 Å². The zero-order valence-corrected chi connectivity index (χ0v) is 11.8. The number of nitriles is 1. The summed E-state index contributed by atoms with van der Waals surface area (Å²) < 4.78 is 4.92. The quantitative estimate of drug-likeness (QED) is 0.856. The summed E-state index contributed by atoms with van der Waals surface area (Å²) in [4.78, 5) is 23.4. The zero-order valence-electron chi connectivity index (χ0n) is 11.8. The number of amides is 1. The minimum atomic E-state index is -0.632. The van der Waals surface area contributed by atoms with E-state index in [1.807, 2.05) is 36.4 Å². The molecule has 5 heteroatoms. The fraction of sp³-hybridized carbons (Fsp3) is 0.118. The molecule has 1 N–H and O–H groups in total. The summed E-state index contributed by atoms with van der Waals surface area (Å²) in [5.41, 5.74) is 1.57. The Bertz CT molecular complexity index is 705. The van der Waals surface area contributed by atoms with Crippen molar-refractivity contribution in [1.82, 2.24) is 5.32 Å². The van der Waals surface area contributed by atoms with E-state index in [1.165, 1.54) is 12.1 Å². The van der Waals surface area contributed by atoms with Gasteiger partial charge in [0.05, 0.1) is 17.2 Å². The number of nitrogens with one attached hydrogen (secondary N) is 1. The molecule has 5 nitrogen and oxygen atoms in total. The summed E-state index contributed by atoms with van der Waals surface area (Å²) >= 11 is 0. The van der Waals surface area contributed by atoms with E-state index in [0.29, 0.717) is 12.1 Å². The van der Waals surface area contributed by atoms with Crippen LogP contribution in [-0.2, 0) is 16.1 Å². The van der Waals surface area contributed by atoms with Gasteiger partial charge in [-0.25, -0.2) is 4.79 Å². The number of rotatable bonds is 5. The normalized spacial score (nSPS) is 9.59. The topological polar surface area (TPSA) is 79.2 Å². The summed E-state index contributed by atoms with van der Waals surface area (Å²) in [6.45, 7) is 0.0174. The molecule has 0 atom stereocenters. The van der Waals surface area contributed by atoms with Gasteiger partial charge in [-0.2, -0.15) is 5.26 Å². The van der Waals surface area contributed by atoms with E-state index in [1.54, 1.807) is 12.1 Å². The van der Waals surface area contributed by atoms with E-state index in [4.69, 9.17) is 10.00 Å². The van der Waals surface area contributed by atoms with Crippen LogP contribution in [0.2, 0.25) is 0 Å². The number of esters is 1. The molecule has 0 aliphatic rings. The van der Waals surface area contributed by atoms with E-state index in [0.717, 1.165) is 5.56 Å². The van der Waals surface area contributed by atoms with Crippen LogP contribution in [0.15, 0.2) is 54.6 Å². The number of benzene rings is 2. The van der Waals surface area contributed by atoms with Crippen molar-refractivity contribution in [3.8, 4) is 6.07 Å². The number of hydrogen-bond acceptors (Lipinski definition) is 4. The molecule has 0 bridgehead atoms.